The molecule has 1 aromatic carbocycles. The van der Waals surface area contributed by atoms with E-state index >= 15 is 0 Å². The standard InChI is InChI=1S/C8H8NOPS/c10-7(9-8(11)12)6-4-2-1-3-5-6/h1-5H,11H2,(H,9,10,12). The Labute approximate surface area is 78.6 Å². The second-order valence-corrected chi connectivity index (χ2v) is 3.62. The number of rotatable bonds is 1. The monoisotopic (exact) mass is 197 g/mol. The molecule has 0 radical (unpaired) electrons. The molecular weight excluding hydrogens is 189 g/mol. The quantitative estimate of drug-likeness (QED) is 0.547. The van der Waals surface area contributed by atoms with E-state index in [1.165, 1.54) is 0 Å². The van der Waals surface area contributed by atoms with Gasteiger partial charge in [0.15, 0.2) is 0 Å². The van der Waals surface area contributed by atoms with Gasteiger partial charge >= 0.3 is 0 Å². The zero-order valence-corrected chi connectivity index (χ0v) is 8.25. The Balaban J connectivity index is 2.73. The van der Waals surface area contributed by atoms with Gasteiger partial charge in [0.2, 0.25) is 0 Å². The van der Waals surface area contributed by atoms with Gasteiger partial charge < -0.3 is 5.32 Å². The summed E-state index contributed by atoms with van der Waals surface area (Å²) in [6.07, 6.45) is 0. The molecule has 1 N–H and O–H groups in total. The smallest absolute Gasteiger partial charge is 0.256 e. The largest absolute Gasteiger partial charge is 0.313 e. The van der Waals surface area contributed by atoms with Crippen LogP contribution in [0.1, 0.15) is 10.4 Å². The van der Waals surface area contributed by atoms with Crippen LogP contribution in [-0.4, -0.2) is 10.6 Å². The summed E-state index contributed by atoms with van der Waals surface area (Å²) in [5.41, 5.74) is 0.613. The molecular formula is C8H8NOPS. The summed E-state index contributed by atoms with van der Waals surface area (Å²) in [5, 5.41) is 2.51. The first-order valence-corrected chi connectivity index (χ1v) is 4.34. The molecule has 0 fully saturated rings. The lowest BCUT2D eigenvalue weighted by Gasteiger charge is -2.00. The van der Waals surface area contributed by atoms with E-state index in [0.717, 1.165) is 0 Å². The van der Waals surface area contributed by atoms with E-state index in [1.807, 2.05) is 6.07 Å². The Morgan fingerprint density at radius 1 is 1.33 bits per heavy atom. The summed E-state index contributed by atoms with van der Waals surface area (Å²) in [5.74, 6) is -0.171. The highest BCUT2D eigenvalue weighted by atomic mass is 32.1. The van der Waals surface area contributed by atoms with Gasteiger partial charge in [-0.25, -0.2) is 0 Å². The van der Waals surface area contributed by atoms with Gasteiger partial charge in [-0.1, -0.05) is 39.7 Å². The van der Waals surface area contributed by atoms with E-state index in [0.29, 0.717) is 10.3 Å². The van der Waals surface area contributed by atoms with Crippen molar-refractivity contribution in [1.29, 1.82) is 0 Å². The van der Waals surface area contributed by atoms with Crippen molar-refractivity contribution < 1.29 is 4.79 Å². The molecule has 0 bridgehead atoms. The molecule has 0 aliphatic rings. The molecule has 1 rings (SSSR count). The van der Waals surface area contributed by atoms with Crippen LogP contribution < -0.4 is 5.32 Å². The average Bonchev–Trinajstić information content (AvgIpc) is 2.05. The first-order valence-electron chi connectivity index (χ1n) is 3.36. The van der Waals surface area contributed by atoms with Crippen molar-refractivity contribution >= 4 is 32.1 Å². The average molecular weight is 197 g/mol. The number of carbonyl (C=O) groups is 1. The maximum Gasteiger partial charge on any atom is 0.256 e. The molecule has 1 atom stereocenters. The van der Waals surface area contributed by atoms with E-state index in [4.69, 9.17) is 12.2 Å². The van der Waals surface area contributed by atoms with Crippen molar-refractivity contribution in [3.05, 3.63) is 35.9 Å². The molecule has 0 aromatic heterocycles. The number of amides is 1. The van der Waals surface area contributed by atoms with Crippen LogP contribution >= 0.6 is 21.5 Å². The first-order chi connectivity index (χ1) is 5.70. The van der Waals surface area contributed by atoms with Crippen molar-refractivity contribution in [2.45, 2.75) is 0 Å². The van der Waals surface area contributed by atoms with Crippen molar-refractivity contribution in [2.75, 3.05) is 0 Å². The number of carbonyl (C=O) groups excluding carboxylic acids is 1. The fraction of sp³-hybridized carbons (Fsp3) is 0. The first kappa shape index (κ1) is 9.30. The molecule has 1 aromatic rings. The Bertz CT molecular complexity index is 299. The van der Waals surface area contributed by atoms with E-state index in [-0.39, 0.29) is 5.91 Å². The predicted octanol–water partition coefficient (Wildman–Crippen LogP) is 1.58. The lowest BCUT2D eigenvalue weighted by atomic mass is 10.2. The molecule has 0 aliphatic heterocycles. The Hall–Kier alpha value is -0.790. The highest BCUT2D eigenvalue weighted by Gasteiger charge is 2.02. The molecule has 0 saturated heterocycles. The minimum absolute atomic E-state index is 0.171. The molecule has 2 nitrogen and oxygen atoms in total. The van der Waals surface area contributed by atoms with Crippen LogP contribution in [0.2, 0.25) is 0 Å². The minimum atomic E-state index is -0.171. The zero-order valence-electron chi connectivity index (χ0n) is 6.28. The molecule has 0 spiro atoms. The SMILES string of the molecule is O=C(NC(P)=S)c1ccccc1. The zero-order chi connectivity index (χ0) is 8.97. The van der Waals surface area contributed by atoms with Crippen molar-refractivity contribution in [3.8, 4) is 0 Å². The maximum atomic E-state index is 11.2. The molecule has 12 heavy (non-hydrogen) atoms. The normalized spacial score (nSPS) is 9.08. The Kier molecular flexibility index (Phi) is 3.32. The third-order valence-corrected chi connectivity index (χ3v) is 1.52. The molecule has 0 heterocycles. The molecule has 62 valence electrons. The van der Waals surface area contributed by atoms with Gasteiger partial charge in [0, 0.05) is 5.56 Å². The molecule has 0 saturated carbocycles. The van der Waals surface area contributed by atoms with Crippen LogP contribution in [0.15, 0.2) is 30.3 Å². The van der Waals surface area contributed by atoms with Crippen LogP contribution in [0, 0.1) is 0 Å². The summed E-state index contributed by atoms with van der Waals surface area (Å²) < 4.78 is 0.406. The summed E-state index contributed by atoms with van der Waals surface area (Å²) in [6, 6.07) is 8.94. The summed E-state index contributed by atoms with van der Waals surface area (Å²) in [4.78, 5) is 11.2. The van der Waals surface area contributed by atoms with E-state index in [9.17, 15) is 4.79 Å². The second kappa shape index (κ2) is 4.29. The van der Waals surface area contributed by atoms with Gasteiger partial charge in [-0.2, -0.15) is 0 Å². The fourth-order valence-electron chi connectivity index (χ4n) is 0.774. The van der Waals surface area contributed by atoms with Crippen LogP contribution in [0.3, 0.4) is 0 Å². The van der Waals surface area contributed by atoms with E-state index in [2.05, 4.69) is 14.6 Å². The number of thiocarbonyl (C=S) groups is 1. The predicted molar refractivity (Wildman–Crippen MR) is 56.2 cm³/mol. The summed E-state index contributed by atoms with van der Waals surface area (Å²) in [7, 11) is 2.25. The summed E-state index contributed by atoms with van der Waals surface area (Å²) in [6.45, 7) is 0. The van der Waals surface area contributed by atoms with Crippen molar-refractivity contribution in [3.63, 3.8) is 0 Å². The highest BCUT2D eigenvalue weighted by molar-refractivity contribution is 7.89. The van der Waals surface area contributed by atoms with E-state index in [1.54, 1.807) is 24.3 Å². The molecule has 4 heteroatoms. The Morgan fingerprint density at radius 3 is 2.42 bits per heavy atom. The molecule has 1 amide bonds. The van der Waals surface area contributed by atoms with Crippen molar-refractivity contribution in [2.24, 2.45) is 0 Å². The third-order valence-electron chi connectivity index (χ3n) is 1.27. The van der Waals surface area contributed by atoms with Crippen LogP contribution in [0.5, 0.6) is 0 Å². The number of hydrogen-bond donors (Lipinski definition) is 1. The van der Waals surface area contributed by atoms with E-state index < -0.39 is 0 Å². The highest BCUT2D eigenvalue weighted by Crippen LogP contribution is 1.98. The van der Waals surface area contributed by atoms with Crippen LogP contribution in [-0.2, 0) is 0 Å². The van der Waals surface area contributed by atoms with Crippen LogP contribution in [0.4, 0.5) is 0 Å². The number of hydrogen-bond acceptors (Lipinski definition) is 2. The topological polar surface area (TPSA) is 29.1 Å². The van der Waals surface area contributed by atoms with Crippen LogP contribution in [0.25, 0.3) is 0 Å². The number of benzene rings is 1. The van der Waals surface area contributed by atoms with Gasteiger partial charge in [0.25, 0.3) is 5.91 Å². The second-order valence-electron chi connectivity index (χ2n) is 2.18. The third kappa shape index (κ3) is 2.68. The number of nitrogens with one attached hydrogen (secondary N) is 1. The molecule has 0 aliphatic carbocycles. The minimum Gasteiger partial charge on any atom is -0.313 e. The lowest BCUT2D eigenvalue weighted by Crippen LogP contribution is -2.24. The summed E-state index contributed by atoms with van der Waals surface area (Å²) >= 11 is 4.70. The van der Waals surface area contributed by atoms with Crippen molar-refractivity contribution in [1.82, 2.24) is 5.32 Å². The van der Waals surface area contributed by atoms with Gasteiger partial charge in [0.05, 0.1) is 4.73 Å². The van der Waals surface area contributed by atoms with Gasteiger partial charge in [0.1, 0.15) is 0 Å². The fourth-order valence-corrected chi connectivity index (χ4v) is 0.997. The van der Waals surface area contributed by atoms with Gasteiger partial charge in [-0.3, -0.25) is 4.79 Å². The maximum absolute atomic E-state index is 11.2. The van der Waals surface area contributed by atoms with Gasteiger partial charge in [-0.05, 0) is 12.1 Å². The Morgan fingerprint density at radius 2 is 1.92 bits per heavy atom. The lowest BCUT2D eigenvalue weighted by molar-refractivity contribution is 0.0978. The molecule has 1 unspecified atom stereocenters. The van der Waals surface area contributed by atoms with Gasteiger partial charge in [-0.15, -0.1) is 0 Å².